The number of hydrogen-bond acceptors (Lipinski definition) is 4. The summed E-state index contributed by atoms with van der Waals surface area (Å²) >= 11 is 5.47. The molecule has 0 radical (unpaired) electrons. The predicted octanol–water partition coefficient (Wildman–Crippen LogP) is 0.936. The lowest BCUT2D eigenvalue weighted by Crippen LogP contribution is -2.41. The minimum atomic E-state index is -0.752. The van der Waals surface area contributed by atoms with Gasteiger partial charge in [-0.2, -0.15) is 0 Å². The van der Waals surface area contributed by atoms with E-state index in [1.165, 1.54) is 6.92 Å². The minimum Gasteiger partial charge on any atom is -0.359 e. The van der Waals surface area contributed by atoms with Crippen molar-refractivity contribution in [1.82, 2.24) is 15.8 Å². The van der Waals surface area contributed by atoms with Gasteiger partial charge in [-0.05, 0) is 13.8 Å². The Kier molecular flexibility index (Phi) is 4.30. The van der Waals surface area contributed by atoms with Crippen molar-refractivity contribution < 1.29 is 14.1 Å². The molecule has 16 heavy (non-hydrogen) atoms. The molecule has 88 valence electrons. The van der Waals surface area contributed by atoms with E-state index in [0.717, 1.165) is 5.69 Å². The summed E-state index contributed by atoms with van der Waals surface area (Å²) in [5, 5.41) is 7.41. The highest BCUT2D eigenvalue weighted by atomic mass is 35.5. The Morgan fingerprint density at radius 2 is 2.31 bits per heavy atom. The number of aromatic nitrogens is 1. The van der Waals surface area contributed by atoms with Crippen molar-refractivity contribution >= 4 is 23.5 Å². The highest BCUT2D eigenvalue weighted by Gasteiger charge is 2.12. The first-order valence-electron chi connectivity index (χ1n) is 4.64. The molecule has 1 heterocycles. The lowest BCUT2D eigenvalue weighted by atomic mass is 10.4. The molecule has 0 aliphatic rings. The SMILES string of the molecule is Cc1cc(CNC(=O)NC(=O)C(C)Cl)on1. The third-order valence-corrected chi connectivity index (χ3v) is 1.90. The standard InChI is InChI=1S/C9H12ClN3O3/c1-5-3-7(16-13-5)4-11-9(15)12-8(14)6(2)10/h3,6H,4H2,1-2H3,(H2,11,12,14,15). The van der Waals surface area contributed by atoms with Crippen molar-refractivity contribution in [2.75, 3.05) is 0 Å². The average molecular weight is 246 g/mol. The Balaban J connectivity index is 2.33. The molecule has 0 bridgehead atoms. The van der Waals surface area contributed by atoms with Crippen LogP contribution in [0.4, 0.5) is 4.79 Å². The van der Waals surface area contributed by atoms with E-state index in [1.54, 1.807) is 13.0 Å². The van der Waals surface area contributed by atoms with Gasteiger partial charge in [0, 0.05) is 6.07 Å². The molecule has 1 aromatic heterocycles. The van der Waals surface area contributed by atoms with E-state index in [0.29, 0.717) is 5.76 Å². The molecular weight excluding hydrogens is 234 g/mol. The zero-order valence-corrected chi connectivity index (χ0v) is 9.67. The van der Waals surface area contributed by atoms with Crippen LogP contribution in [0.15, 0.2) is 10.6 Å². The smallest absolute Gasteiger partial charge is 0.321 e. The zero-order valence-electron chi connectivity index (χ0n) is 8.91. The van der Waals surface area contributed by atoms with Crippen molar-refractivity contribution in [3.63, 3.8) is 0 Å². The minimum absolute atomic E-state index is 0.163. The van der Waals surface area contributed by atoms with Crippen LogP contribution >= 0.6 is 11.6 Å². The molecule has 0 saturated heterocycles. The van der Waals surface area contributed by atoms with Crippen LogP contribution in [0.2, 0.25) is 0 Å². The fraction of sp³-hybridized carbons (Fsp3) is 0.444. The van der Waals surface area contributed by atoms with Gasteiger partial charge in [0.05, 0.1) is 12.2 Å². The first kappa shape index (κ1) is 12.5. The first-order valence-corrected chi connectivity index (χ1v) is 5.07. The zero-order chi connectivity index (χ0) is 12.1. The van der Waals surface area contributed by atoms with E-state index in [4.69, 9.17) is 16.1 Å². The van der Waals surface area contributed by atoms with E-state index in [2.05, 4.69) is 15.8 Å². The maximum atomic E-state index is 11.2. The quantitative estimate of drug-likeness (QED) is 0.776. The van der Waals surface area contributed by atoms with Gasteiger partial charge in [-0.1, -0.05) is 5.16 Å². The number of imide groups is 1. The van der Waals surface area contributed by atoms with E-state index in [9.17, 15) is 9.59 Å². The van der Waals surface area contributed by atoms with Crippen LogP contribution in [0.5, 0.6) is 0 Å². The second-order valence-corrected chi connectivity index (χ2v) is 3.88. The fourth-order valence-electron chi connectivity index (χ4n) is 0.923. The maximum absolute atomic E-state index is 11.2. The number of hydrogen-bond donors (Lipinski definition) is 2. The summed E-state index contributed by atoms with van der Waals surface area (Å²) in [6.45, 7) is 3.41. The van der Waals surface area contributed by atoms with Crippen LogP contribution < -0.4 is 10.6 Å². The Morgan fingerprint density at radius 1 is 1.62 bits per heavy atom. The monoisotopic (exact) mass is 245 g/mol. The van der Waals surface area contributed by atoms with Crippen molar-refractivity contribution in [3.05, 3.63) is 17.5 Å². The number of carbonyl (C=O) groups excluding carboxylic acids is 2. The van der Waals surface area contributed by atoms with Crippen LogP contribution in [0.3, 0.4) is 0 Å². The molecule has 6 nitrogen and oxygen atoms in total. The normalized spacial score (nSPS) is 11.9. The number of amides is 3. The molecule has 0 aromatic carbocycles. The van der Waals surface area contributed by atoms with Crippen LogP contribution in [-0.2, 0) is 11.3 Å². The largest absolute Gasteiger partial charge is 0.359 e. The molecular formula is C9H12ClN3O3. The van der Waals surface area contributed by atoms with E-state index in [-0.39, 0.29) is 6.54 Å². The van der Waals surface area contributed by atoms with Crippen molar-refractivity contribution in [2.45, 2.75) is 25.8 Å². The molecule has 0 spiro atoms. The molecule has 1 unspecified atom stereocenters. The molecule has 1 aromatic rings. The average Bonchev–Trinajstić information content (AvgIpc) is 2.61. The third-order valence-electron chi connectivity index (χ3n) is 1.70. The van der Waals surface area contributed by atoms with Gasteiger partial charge in [0.1, 0.15) is 5.38 Å². The van der Waals surface area contributed by atoms with Crippen molar-refractivity contribution in [3.8, 4) is 0 Å². The van der Waals surface area contributed by atoms with Crippen molar-refractivity contribution in [2.24, 2.45) is 0 Å². The molecule has 0 fully saturated rings. The maximum Gasteiger partial charge on any atom is 0.321 e. The van der Waals surface area contributed by atoms with Gasteiger partial charge in [0.15, 0.2) is 5.76 Å². The second kappa shape index (κ2) is 5.50. The molecule has 3 amide bonds. The fourth-order valence-corrected chi connectivity index (χ4v) is 0.977. The summed E-state index contributed by atoms with van der Waals surface area (Å²) < 4.78 is 4.86. The van der Waals surface area contributed by atoms with Crippen LogP contribution in [-0.4, -0.2) is 22.5 Å². The number of nitrogens with zero attached hydrogens (tertiary/aromatic N) is 1. The van der Waals surface area contributed by atoms with Crippen LogP contribution in [0, 0.1) is 6.92 Å². The summed E-state index contributed by atoms with van der Waals surface area (Å²) in [5.74, 6) is -0.0352. The number of carbonyl (C=O) groups is 2. The Labute approximate surface area is 97.3 Å². The Morgan fingerprint density at radius 3 is 2.81 bits per heavy atom. The molecule has 0 aliphatic heterocycles. The topological polar surface area (TPSA) is 84.2 Å². The number of aryl methyl sites for hydroxylation is 1. The molecule has 0 aliphatic carbocycles. The first-order chi connectivity index (χ1) is 7.49. The highest BCUT2D eigenvalue weighted by Crippen LogP contribution is 2.00. The van der Waals surface area contributed by atoms with Crippen LogP contribution in [0.1, 0.15) is 18.4 Å². The van der Waals surface area contributed by atoms with E-state index < -0.39 is 17.3 Å². The van der Waals surface area contributed by atoms with Gasteiger partial charge >= 0.3 is 6.03 Å². The number of nitrogens with one attached hydrogen (secondary N) is 2. The molecule has 0 saturated carbocycles. The Bertz CT molecular complexity index is 389. The number of alkyl halides is 1. The number of urea groups is 1. The van der Waals surface area contributed by atoms with Crippen LogP contribution in [0.25, 0.3) is 0 Å². The van der Waals surface area contributed by atoms with Gasteiger partial charge in [0.2, 0.25) is 5.91 Å². The summed E-state index contributed by atoms with van der Waals surface area (Å²) in [6.07, 6.45) is 0. The lowest BCUT2D eigenvalue weighted by molar-refractivity contribution is -0.119. The van der Waals surface area contributed by atoms with E-state index >= 15 is 0 Å². The summed E-state index contributed by atoms with van der Waals surface area (Å²) in [5.41, 5.74) is 0.725. The molecule has 1 rings (SSSR count). The summed E-state index contributed by atoms with van der Waals surface area (Å²) in [7, 11) is 0. The van der Waals surface area contributed by atoms with E-state index in [1.807, 2.05) is 0 Å². The molecule has 2 N–H and O–H groups in total. The molecule has 7 heteroatoms. The van der Waals surface area contributed by atoms with Gasteiger partial charge in [-0.15, -0.1) is 11.6 Å². The van der Waals surface area contributed by atoms with Gasteiger partial charge < -0.3 is 9.84 Å². The van der Waals surface area contributed by atoms with Gasteiger partial charge in [-0.3, -0.25) is 10.1 Å². The second-order valence-electron chi connectivity index (χ2n) is 3.22. The molecule has 1 atom stereocenters. The number of halogens is 1. The summed E-state index contributed by atoms with van der Waals surface area (Å²) in [4.78, 5) is 22.2. The third kappa shape index (κ3) is 3.90. The lowest BCUT2D eigenvalue weighted by Gasteiger charge is -2.05. The highest BCUT2D eigenvalue weighted by molar-refractivity contribution is 6.31. The van der Waals surface area contributed by atoms with Gasteiger partial charge in [0.25, 0.3) is 0 Å². The predicted molar refractivity (Wildman–Crippen MR) is 56.9 cm³/mol. The van der Waals surface area contributed by atoms with Crippen molar-refractivity contribution in [1.29, 1.82) is 0 Å². The number of rotatable bonds is 3. The summed E-state index contributed by atoms with van der Waals surface area (Å²) in [6, 6.07) is 1.07. The Hall–Kier alpha value is -1.56. The van der Waals surface area contributed by atoms with Gasteiger partial charge in [-0.25, -0.2) is 4.79 Å².